The fraction of sp³-hybridized carbons (Fsp3) is 0.455. The van der Waals surface area contributed by atoms with E-state index in [1.54, 1.807) is 6.07 Å². The Morgan fingerprint density at radius 1 is 1.56 bits per heavy atom. The Labute approximate surface area is 102 Å². The number of ether oxygens (including phenoxy) is 2. The van der Waals surface area contributed by atoms with E-state index in [-0.39, 0.29) is 24.3 Å². The van der Waals surface area contributed by atoms with E-state index in [4.69, 9.17) is 15.2 Å². The highest BCUT2D eigenvalue weighted by Crippen LogP contribution is 2.43. The molecule has 0 saturated carbocycles. The van der Waals surface area contributed by atoms with Gasteiger partial charge in [-0.25, -0.2) is 4.39 Å². The highest BCUT2D eigenvalue weighted by molar-refractivity contribution is 9.10. The number of nitrogens with two attached hydrogens (primary N) is 1. The number of hydrogen-bond acceptors (Lipinski definition) is 3. The molecule has 1 aliphatic rings. The molecule has 3 nitrogen and oxygen atoms in total. The van der Waals surface area contributed by atoms with Crippen LogP contribution in [-0.4, -0.2) is 13.3 Å². The molecular weight excluding hydrogens is 277 g/mol. The Morgan fingerprint density at radius 2 is 2.31 bits per heavy atom. The molecule has 1 aromatic carbocycles. The summed E-state index contributed by atoms with van der Waals surface area (Å²) in [6.45, 7) is 2.55. The van der Waals surface area contributed by atoms with Crippen LogP contribution in [0.4, 0.5) is 4.39 Å². The largest absolute Gasteiger partial charge is 0.453 e. The zero-order chi connectivity index (χ0) is 11.7. The molecule has 0 spiro atoms. The molecule has 0 bridgehead atoms. The molecule has 88 valence electrons. The van der Waals surface area contributed by atoms with Gasteiger partial charge in [0.05, 0.1) is 0 Å². The maximum absolute atomic E-state index is 14.1. The minimum Gasteiger partial charge on any atom is -0.453 e. The molecule has 5 heteroatoms. The molecular formula is C11H13BrFNO2. The van der Waals surface area contributed by atoms with Gasteiger partial charge < -0.3 is 15.2 Å². The lowest BCUT2D eigenvalue weighted by atomic mass is 9.97. The normalized spacial score (nSPS) is 15.2. The number of rotatable bonds is 3. The SMILES string of the molecule is CC(CCN)c1c(Br)cc2c(c1F)OCO2. The molecule has 16 heavy (non-hydrogen) atoms. The van der Waals surface area contributed by atoms with Gasteiger partial charge in [-0.15, -0.1) is 0 Å². The van der Waals surface area contributed by atoms with E-state index >= 15 is 0 Å². The third-order valence-electron chi connectivity index (χ3n) is 2.68. The topological polar surface area (TPSA) is 44.5 Å². The van der Waals surface area contributed by atoms with E-state index in [1.165, 1.54) is 0 Å². The minimum absolute atomic E-state index is 0.0499. The summed E-state index contributed by atoms with van der Waals surface area (Å²) in [5.41, 5.74) is 6.09. The van der Waals surface area contributed by atoms with Gasteiger partial charge >= 0.3 is 0 Å². The van der Waals surface area contributed by atoms with Gasteiger partial charge in [0, 0.05) is 10.0 Å². The van der Waals surface area contributed by atoms with Crippen LogP contribution < -0.4 is 15.2 Å². The van der Waals surface area contributed by atoms with Gasteiger partial charge in [-0.05, 0) is 24.9 Å². The fourth-order valence-electron chi connectivity index (χ4n) is 1.83. The molecule has 2 N–H and O–H groups in total. The maximum Gasteiger partial charge on any atom is 0.231 e. The second kappa shape index (κ2) is 4.59. The quantitative estimate of drug-likeness (QED) is 0.931. The van der Waals surface area contributed by atoms with Gasteiger partial charge in [-0.3, -0.25) is 0 Å². The first-order valence-corrected chi connectivity index (χ1v) is 5.92. The second-order valence-electron chi connectivity index (χ2n) is 3.80. The third kappa shape index (κ3) is 1.89. The van der Waals surface area contributed by atoms with Crippen LogP contribution in [0.1, 0.15) is 24.8 Å². The van der Waals surface area contributed by atoms with Crippen molar-refractivity contribution in [3.8, 4) is 11.5 Å². The Hall–Kier alpha value is -0.810. The van der Waals surface area contributed by atoms with Crippen LogP contribution in [0, 0.1) is 5.82 Å². The number of halogens is 2. The smallest absolute Gasteiger partial charge is 0.231 e. The molecule has 1 aliphatic heterocycles. The van der Waals surface area contributed by atoms with E-state index in [0.29, 0.717) is 22.3 Å². The number of hydrogen-bond donors (Lipinski definition) is 1. The number of benzene rings is 1. The summed E-state index contributed by atoms with van der Waals surface area (Å²) in [4.78, 5) is 0. The monoisotopic (exact) mass is 289 g/mol. The van der Waals surface area contributed by atoms with E-state index in [1.807, 2.05) is 6.92 Å². The number of fused-ring (bicyclic) bond motifs is 1. The molecule has 1 unspecified atom stereocenters. The van der Waals surface area contributed by atoms with Crippen molar-refractivity contribution >= 4 is 15.9 Å². The van der Waals surface area contributed by atoms with Crippen molar-refractivity contribution in [3.63, 3.8) is 0 Å². The predicted octanol–water partition coefficient (Wildman–Crippen LogP) is 2.77. The molecule has 1 heterocycles. The average molecular weight is 290 g/mol. The average Bonchev–Trinajstić information content (AvgIpc) is 2.66. The maximum atomic E-state index is 14.1. The van der Waals surface area contributed by atoms with Crippen molar-refractivity contribution in [3.05, 3.63) is 21.9 Å². The van der Waals surface area contributed by atoms with Crippen molar-refractivity contribution in [2.45, 2.75) is 19.3 Å². The molecule has 0 saturated heterocycles. The van der Waals surface area contributed by atoms with Gasteiger partial charge in [-0.2, -0.15) is 0 Å². The zero-order valence-electron chi connectivity index (χ0n) is 8.93. The van der Waals surface area contributed by atoms with Crippen molar-refractivity contribution in [2.75, 3.05) is 13.3 Å². The second-order valence-corrected chi connectivity index (χ2v) is 4.65. The van der Waals surface area contributed by atoms with Crippen LogP contribution >= 0.6 is 15.9 Å². The summed E-state index contributed by atoms with van der Waals surface area (Å²) in [7, 11) is 0. The minimum atomic E-state index is -0.345. The van der Waals surface area contributed by atoms with Crippen LogP contribution in [0.25, 0.3) is 0 Å². The Bertz CT molecular complexity index is 411. The van der Waals surface area contributed by atoms with Gasteiger partial charge in [0.1, 0.15) is 0 Å². The van der Waals surface area contributed by atoms with Gasteiger partial charge in [0.15, 0.2) is 11.6 Å². The van der Waals surface area contributed by atoms with Crippen LogP contribution in [0.2, 0.25) is 0 Å². The summed E-state index contributed by atoms with van der Waals surface area (Å²) in [5, 5.41) is 0. The van der Waals surface area contributed by atoms with E-state index in [0.717, 1.165) is 6.42 Å². The van der Waals surface area contributed by atoms with Gasteiger partial charge in [-0.1, -0.05) is 22.9 Å². The molecule has 2 rings (SSSR count). The van der Waals surface area contributed by atoms with Crippen LogP contribution in [0.5, 0.6) is 11.5 Å². The summed E-state index contributed by atoms with van der Waals surface area (Å²) < 4.78 is 25.1. The predicted molar refractivity (Wildman–Crippen MR) is 62.3 cm³/mol. The Kier molecular flexibility index (Phi) is 3.35. The van der Waals surface area contributed by atoms with Gasteiger partial charge in [0.2, 0.25) is 12.5 Å². The standard InChI is InChI=1S/C11H13BrFNO2/c1-6(2-3-14)9-7(12)4-8-11(10(9)13)16-5-15-8/h4,6H,2-3,5,14H2,1H3. The highest BCUT2D eigenvalue weighted by Gasteiger charge is 2.26. The summed E-state index contributed by atoms with van der Waals surface area (Å²) >= 11 is 3.35. The first-order valence-electron chi connectivity index (χ1n) is 5.12. The lowest BCUT2D eigenvalue weighted by Crippen LogP contribution is -2.07. The molecule has 0 aliphatic carbocycles. The lowest BCUT2D eigenvalue weighted by molar-refractivity contribution is 0.170. The van der Waals surface area contributed by atoms with Crippen molar-refractivity contribution in [1.82, 2.24) is 0 Å². The summed E-state index contributed by atoms with van der Waals surface area (Å²) in [5.74, 6) is 0.367. The fourth-order valence-corrected chi connectivity index (χ4v) is 2.61. The summed E-state index contributed by atoms with van der Waals surface area (Å²) in [6, 6.07) is 1.74. The Morgan fingerprint density at radius 3 is 3.00 bits per heavy atom. The van der Waals surface area contributed by atoms with Crippen molar-refractivity contribution < 1.29 is 13.9 Å². The molecule has 1 aromatic rings. The van der Waals surface area contributed by atoms with E-state index < -0.39 is 0 Å². The first kappa shape index (κ1) is 11.7. The highest BCUT2D eigenvalue weighted by atomic mass is 79.9. The third-order valence-corrected chi connectivity index (χ3v) is 3.34. The first-order chi connectivity index (χ1) is 7.65. The summed E-state index contributed by atoms with van der Waals surface area (Å²) in [6.07, 6.45) is 0.731. The van der Waals surface area contributed by atoms with Crippen LogP contribution in [-0.2, 0) is 0 Å². The molecule has 0 amide bonds. The molecule has 0 aromatic heterocycles. The van der Waals surface area contributed by atoms with Crippen molar-refractivity contribution in [1.29, 1.82) is 0 Å². The van der Waals surface area contributed by atoms with E-state index in [9.17, 15) is 4.39 Å². The van der Waals surface area contributed by atoms with Gasteiger partial charge in [0.25, 0.3) is 0 Å². The van der Waals surface area contributed by atoms with Crippen LogP contribution in [0.15, 0.2) is 10.5 Å². The van der Waals surface area contributed by atoms with E-state index in [2.05, 4.69) is 15.9 Å². The molecule has 0 radical (unpaired) electrons. The zero-order valence-corrected chi connectivity index (χ0v) is 10.5. The lowest BCUT2D eigenvalue weighted by Gasteiger charge is -2.15. The van der Waals surface area contributed by atoms with Crippen LogP contribution in [0.3, 0.4) is 0 Å². The van der Waals surface area contributed by atoms with Crippen molar-refractivity contribution in [2.24, 2.45) is 5.73 Å². The molecule has 0 fully saturated rings. The Balaban J connectivity index is 2.45. The molecule has 1 atom stereocenters.